The lowest BCUT2D eigenvalue weighted by molar-refractivity contribution is 0.0962. The molecule has 1 aromatic carbocycles. The highest BCUT2D eigenvalue weighted by molar-refractivity contribution is 5.95. The SMILES string of the molecule is CNC(=O)c1ccc(Nc2ncc(-c3ncco3)c(N)n2)cc1C. The van der Waals surface area contributed by atoms with Gasteiger partial charge in [0.2, 0.25) is 11.8 Å². The van der Waals surface area contributed by atoms with Crippen LogP contribution in [0.3, 0.4) is 0 Å². The number of aromatic nitrogens is 3. The molecule has 0 aliphatic carbocycles. The van der Waals surface area contributed by atoms with Gasteiger partial charge < -0.3 is 20.8 Å². The Hall–Kier alpha value is -3.42. The van der Waals surface area contributed by atoms with E-state index in [0.29, 0.717) is 23.0 Å². The van der Waals surface area contributed by atoms with E-state index in [9.17, 15) is 4.79 Å². The summed E-state index contributed by atoms with van der Waals surface area (Å²) >= 11 is 0. The number of rotatable bonds is 4. The molecule has 1 amide bonds. The third-order valence-corrected chi connectivity index (χ3v) is 3.44. The van der Waals surface area contributed by atoms with E-state index in [1.807, 2.05) is 13.0 Å². The van der Waals surface area contributed by atoms with Crippen LogP contribution < -0.4 is 16.4 Å². The van der Waals surface area contributed by atoms with Crippen molar-refractivity contribution in [1.82, 2.24) is 20.3 Å². The molecular weight excluding hydrogens is 308 g/mol. The molecule has 0 aliphatic heterocycles. The van der Waals surface area contributed by atoms with E-state index < -0.39 is 0 Å². The van der Waals surface area contributed by atoms with E-state index in [1.54, 1.807) is 25.4 Å². The molecule has 0 saturated heterocycles. The molecule has 8 heteroatoms. The van der Waals surface area contributed by atoms with E-state index in [-0.39, 0.29) is 11.7 Å². The number of nitrogens with one attached hydrogen (secondary N) is 2. The maximum atomic E-state index is 11.7. The van der Waals surface area contributed by atoms with Crippen molar-refractivity contribution in [1.29, 1.82) is 0 Å². The molecule has 2 heterocycles. The molecule has 3 rings (SSSR count). The van der Waals surface area contributed by atoms with Gasteiger partial charge in [-0.05, 0) is 30.7 Å². The topological polar surface area (TPSA) is 119 Å². The van der Waals surface area contributed by atoms with Crippen molar-refractivity contribution in [3.8, 4) is 11.5 Å². The summed E-state index contributed by atoms with van der Waals surface area (Å²) in [5.74, 6) is 0.836. The number of nitrogens with zero attached hydrogens (tertiary/aromatic N) is 3. The predicted molar refractivity (Wildman–Crippen MR) is 89.8 cm³/mol. The largest absolute Gasteiger partial charge is 0.444 e. The van der Waals surface area contributed by atoms with E-state index in [0.717, 1.165) is 11.3 Å². The third-order valence-electron chi connectivity index (χ3n) is 3.44. The summed E-state index contributed by atoms with van der Waals surface area (Å²) in [5.41, 5.74) is 8.66. The zero-order valence-electron chi connectivity index (χ0n) is 13.2. The number of nitrogen functional groups attached to an aromatic ring is 1. The van der Waals surface area contributed by atoms with Crippen LogP contribution in [0.5, 0.6) is 0 Å². The number of anilines is 3. The maximum absolute atomic E-state index is 11.7. The van der Waals surface area contributed by atoms with Crippen LogP contribution in [0.4, 0.5) is 17.5 Å². The van der Waals surface area contributed by atoms with Gasteiger partial charge in [0.1, 0.15) is 12.1 Å². The van der Waals surface area contributed by atoms with Crippen molar-refractivity contribution >= 4 is 23.4 Å². The van der Waals surface area contributed by atoms with E-state index >= 15 is 0 Å². The highest BCUT2D eigenvalue weighted by Gasteiger charge is 2.11. The van der Waals surface area contributed by atoms with E-state index in [1.165, 1.54) is 12.5 Å². The van der Waals surface area contributed by atoms with Crippen LogP contribution >= 0.6 is 0 Å². The van der Waals surface area contributed by atoms with Gasteiger partial charge in [-0.1, -0.05) is 0 Å². The summed E-state index contributed by atoms with van der Waals surface area (Å²) in [6.07, 6.45) is 4.53. The van der Waals surface area contributed by atoms with Crippen molar-refractivity contribution in [3.05, 3.63) is 48.0 Å². The van der Waals surface area contributed by atoms with Crippen molar-refractivity contribution in [2.45, 2.75) is 6.92 Å². The molecule has 8 nitrogen and oxygen atoms in total. The zero-order valence-corrected chi connectivity index (χ0v) is 13.2. The molecule has 4 N–H and O–H groups in total. The number of carbonyl (C=O) groups is 1. The van der Waals surface area contributed by atoms with Crippen LogP contribution in [0.25, 0.3) is 11.5 Å². The molecule has 24 heavy (non-hydrogen) atoms. The van der Waals surface area contributed by atoms with E-state index in [4.69, 9.17) is 10.2 Å². The number of hydrogen-bond acceptors (Lipinski definition) is 7. The minimum Gasteiger partial charge on any atom is -0.444 e. The molecule has 0 fully saturated rings. The quantitative estimate of drug-likeness (QED) is 0.672. The number of carbonyl (C=O) groups excluding carboxylic acids is 1. The lowest BCUT2D eigenvalue weighted by Gasteiger charge is -2.10. The fourth-order valence-corrected chi connectivity index (χ4v) is 2.24. The average Bonchev–Trinajstić information content (AvgIpc) is 3.08. The van der Waals surface area contributed by atoms with Gasteiger partial charge in [0.15, 0.2) is 0 Å². The van der Waals surface area contributed by atoms with Gasteiger partial charge in [0.05, 0.1) is 11.8 Å². The normalized spacial score (nSPS) is 10.4. The molecule has 2 aromatic heterocycles. The van der Waals surface area contributed by atoms with Gasteiger partial charge >= 0.3 is 0 Å². The molecule has 0 bridgehead atoms. The summed E-state index contributed by atoms with van der Waals surface area (Å²) < 4.78 is 5.19. The Morgan fingerprint density at radius 2 is 2.12 bits per heavy atom. The van der Waals surface area contributed by atoms with Crippen molar-refractivity contribution in [3.63, 3.8) is 0 Å². The number of oxazole rings is 1. The molecule has 0 aliphatic rings. The molecule has 0 atom stereocenters. The summed E-state index contributed by atoms with van der Waals surface area (Å²) in [6, 6.07) is 5.35. The fraction of sp³-hybridized carbons (Fsp3) is 0.125. The molecule has 0 saturated carbocycles. The predicted octanol–water partition coefficient (Wildman–Crippen LogP) is 2.13. The maximum Gasteiger partial charge on any atom is 0.251 e. The zero-order chi connectivity index (χ0) is 17.1. The van der Waals surface area contributed by atoms with E-state index in [2.05, 4.69) is 25.6 Å². The summed E-state index contributed by atoms with van der Waals surface area (Å²) in [4.78, 5) is 24.1. The molecule has 3 aromatic rings. The third kappa shape index (κ3) is 3.02. The first-order valence-electron chi connectivity index (χ1n) is 7.20. The van der Waals surface area contributed by atoms with Gasteiger partial charge in [-0.3, -0.25) is 4.79 Å². The number of nitrogens with two attached hydrogens (primary N) is 1. The monoisotopic (exact) mass is 324 g/mol. The van der Waals surface area contributed by atoms with Gasteiger partial charge in [-0.25, -0.2) is 9.97 Å². The average molecular weight is 324 g/mol. The minimum atomic E-state index is -0.130. The van der Waals surface area contributed by atoms with Gasteiger partial charge in [-0.2, -0.15) is 4.98 Å². The van der Waals surface area contributed by atoms with Gasteiger partial charge in [0.25, 0.3) is 5.91 Å². The Kier molecular flexibility index (Phi) is 4.11. The summed E-state index contributed by atoms with van der Waals surface area (Å²) in [6.45, 7) is 1.86. The number of hydrogen-bond donors (Lipinski definition) is 3. The molecule has 0 spiro atoms. The highest BCUT2D eigenvalue weighted by atomic mass is 16.3. The fourth-order valence-electron chi connectivity index (χ4n) is 2.24. The first-order valence-corrected chi connectivity index (χ1v) is 7.20. The van der Waals surface area contributed by atoms with Crippen LogP contribution in [0.1, 0.15) is 15.9 Å². The number of benzene rings is 1. The lowest BCUT2D eigenvalue weighted by Crippen LogP contribution is -2.18. The second kappa shape index (κ2) is 6.37. The summed E-state index contributed by atoms with van der Waals surface area (Å²) in [7, 11) is 1.60. The van der Waals surface area contributed by atoms with Gasteiger partial charge in [0, 0.05) is 24.5 Å². The standard InChI is InChI=1S/C16H16N6O2/c1-9-7-10(3-4-11(9)14(23)18-2)21-16-20-8-12(13(17)22-16)15-19-5-6-24-15/h3-8H,1-2H3,(H,18,23)(H3,17,20,21,22). The Labute approximate surface area is 138 Å². The van der Waals surface area contributed by atoms with Crippen LogP contribution in [0, 0.1) is 6.92 Å². The molecule has 0 unspecified atom stereocenters. The van der Waals surface area contributed by atoms with Crippen molar-refractivity contribution in [2.24, 2.45) is 0 Å². The second-order valence-electron chi connectivity index (χ2n) is 5.06. The van der Waals surface area contributed by atoms with Crippen LogP contribution in [-0.2, 0) is 0 Å². The molecular formula is C16H16N6O2. The van der Waals surface area contributed by atoms with Crippen LogP contribution in [0.15, 0.2) is 41.3 Å². The van der Waals surface area contributed by atoms with Crippen molar-refractivity contribution < 1.29 is 9.21 Å². The Morgan fingerprint density at radius 3 is 2.75 bits per heavy atom. The Morgan fingerprint density at radius 1 is 1.29 bits per heavy atom. The summed E-state index contributed by atoms with van der Waals surface area (Å²) in [5, 5.41) is 5.66. The minimum absolute atomic E-state index is 0.130. The second-order valence-corrected chi connectivity index (χ2v) is 5.06. The Balaban J connectivity index is 1.83. The molecule has 0 radical (unpaired) electrons. The lowest BCUT2D eigenvalue weighted by atomic mass is 10.1. The highest BCUT2D eigenvalue weighted by Crippen LogP contribution is 2.24. The first-order chi connectivity index (χ1) is 11.6. The Bertz CT molecular complexity index is 876. The number of amides is 1. The number of aryl methyl sites for hydroxylation is 1. The smallest absolute Gasteiger partial charge is 0.251 e. The first kappa shape index (κ1) is 15.5. The van der Waals surface area contributed by atoms with Gasteiger partial charge in [-0.15, -0.1) is 0 Å². The van der Waals surface area contributed by atoms with Crippen LogP contribution in [-0.4, -0.2) is 27.9 Å². The van der Waals surface area contributed by atoms with Crippen LogP contribution in [0.2, 0.25) is 0 Å². The van der Waals surface area contributed by atoms with Crippen molar-refractivity contribution in [2.75, 3.05) is 18.1 Å². The molecule has 122 valence electrons.